The Labute approximate surface area is 226 Å². The standard InChI is InChI=1S/C27H41BrO6SSi/c1-19(28)21(34-36(9,10)26(5,6)7)18-22-27(8,23(29)33-24(32-22)25(2,3)4)16-17-35(30,31)20-14-12-11-13-15-20/h11-17,21-22,24H,1,18H2,2-10H3/b17-16+/t21-,22+,24+,27+/m1/s1. The minimum atomic E-state index is -3.77. The van der Waals surface area contributed by atoms with Gasteiger partial charge in [-0.1, -0.05) is 88.3 Å². The van der Waals surface area contributed by atoms with E-state index in [1.165, 1.54) is 18.2 Å². The van der Waals surface area contributed by atoms with Gasteiger partial charge in [0.25, 0.3) is 0 Å². The highest BCUT2D eigenvalue weighted by Crippen LogP contribution is 2.44. The van der Waals surface area contributed by atoms with E-state index in [1.807, 2.05) is 20.8 Å². The van der Waals surface area contributed by atoms with Gasteiger partial charge in [-0.05, 0) is 37.2 Å². The summed E-state index contributed by atoms with van der Waals surface area (Å²) in [6, 6.07) is 8.09. The van der Waals surface area contributed by atoms with E-state index < -0.39 is 53.5 Å². The molecule has 1 aliphatic heterocycles. The maximum atomic E-state index is 13.4. The normalized spacial score (nSPS) is 25.0. The summed E-state index contributed by atoms with van der Waals surface area (Å²) in [6.45, 7) is 22.2. The minimum Gasteiger partial charge on any atom is -0.434 e. The molecule has 6 nitrogen and oxygen atoms in total. The lowest BCUT2D eigenvalue weighted by Crippen LogP contribution is -2.55. The topological polar surface area (TPSA) is 78.9 Å². The third kappa shape index (κ3) is 7.19. The molecule has 1 aromatic rings. The molecule has 0 aliphatic carbocycles. The van der Waals surface area contributed by atoms with E-state index in [4.69, 9.17) is 13.9 Å². The van der Waals surface area contributed by atoms with Crippen molar-refractivity contribution in [3.63, 3.8) is 0 Å². The summed E-state index contributed by atoms with van der Waals surface area (Å²) < 4.78 is 45.3. The highest BCUT2D eigenvalue weighted by Gasteiger charge is 2.52. The fourth-order valence-corrected chi connectivity index (χ4v) is 6.33. The Kier molecular flexibility index (Phi) is 9.33. The Bertz CT molecular complexity index is 1090. The van der Waals surface area contributed by atoms with Crippen molar-refractivity contribution in [2.45, 2.75) is 96.4 Å². The average Bonchev–Trinajstić information content (AvgIpc) is 2.74. The van der Waals surface area contributed by atoms with Crippen LogP contribution in [0.5, 0.6) is 0 Å². The van der Waals surface area contributed by atoms with Crippen molar-refractivity contribution in [2.75, 3.05) is 0 Å². The highest BCUT2D eigenvalue weighted by atomic mass is 79.9. The zero-order valence-corrected chi connectivity index (χ0v) is 26.3. The number of carbonyl (C=O) groups is 1. The largest absolute Gasteiger partial charge is 0.434 e. The SMILES string of the molecule is C=C(Br)[C@@H](C[C@@H]1O[C@H](C(C)(C)C)OC(=O)[C@@]1(C)/C=C/S(=O)(=O)c1ccccc1)O[Si](C)(C)C(C)(C)C. The number of esters is 1. The van der Waals surface area contributed by atoms with E-state index >= 15 is 0 Å². The molecule has 0 amide bonds. The smallest absolute Gasteiger partial charge is 0.320 e. The molecule has 2 rings (SSSR count). The Hall–Kier alpha value is -1.26. The molecule has 0 aromatic heterocycles. The van der Waals surface area contributed by atoms with Gasteiger partial charge >= 0.3 is 5.97 Å². The predicted octanol–water partition coefficient (Wildman–Crippen LogP) is 6.98. The van der Waals surface area contributed by atoms with Gasteiger partial charge in [0.05, 0.1) is 17.1 Å². The molecule has 0 radical (unpaired) electrons. The summed E-state index contributed by atoms with van der Waals surface area (Å²) in [6.07, 6.45) is -0.263. The number of halogens is 1. The minimum absolute atomic E-state index is 0.0407. The second-order valence-corrected chi connectivity index (χ2v) is 19.8. The van der Waals surface area contributed by atoms with Gasteiger partial charge in [-0.2, -0.15) is 0 Å². The van der Waals surface area contributed by atoms with E-state index in [0.717, 1.165) is 5.41 Å². The molecule has 0 saturated carbocycles. The first kappa shape index (κ1) is 31.0. The van der Waals surface area contributed by atoms with Gasteiger partial charge in [-0.25, -0.2) is 8.42 Å². The van der Waals surface area contributed by atoms with Gasteiger partial charge in [0, 0.05) is 21.7 Å². The maximum absolute atomic E-state index is 13.4. The van der Waals surface area contributed by atoms with Crippen molar-refractivity contribution in [3.05, 3.63) is 52.9 Å². The van der Waals surface area contributed by atoms with Crippen LogP contribution >= 0.6 is 15.9 Å². The lowest BCUT2D eigenvalue weighted by Gasteiger charge is -2.46. The molecule has 0 unspecified atom stereocenters. The summed E-state index contributed by atoms with van der Waals surface area (Å²) >= 11 is 3.51. The summed E-state index contributed by atoms with van der Waals surface area (Å²) in [5.41, 5.74) is -1.84. The quantitative estimate of drug-likeness (QED) is 0.236. The first-order valence-electron chi connectivity index (χ1n) is 12.1. The molecule has 9 heteroatoms. The van der Waals surface area contributed by atoms with Crippen LogP contribution in [0, 0.1) is 10.8 Å². The van der Waals surface area contributed by atoms with Crippen LogP contribution in [0.2, 0.25) is 18.1 Å². The monoisotopic (exact) mass is 600 g/mol. The third-order valence-electron chi connectivity index (χ3n) is 7.00. The van der Waals surface area contributed by atoms with Crippen molar-refractivity contribution in [1.82, 2.24) is 0 Å². The van der Waals surface area contributed by atoms with Crippen molar-refractivity contribution in [1.29, 1.82) is 0 Å². The Morgan fingerprint density at radius 1 is 1.19 bits per heavy atom. The molecule has 1 aromatic carbocycles. The molecular weight excluding hydrogens is 560 g/mol. The maximum Gasteiger partial charge on any atom is 0.320 e. The highest BCUT2D eigenvalue weighted by molar-refractivity contribution is 9.11. The number of rotatable bonds is 8. The Balaban J connectivity index is 2.50. The molecule has 1 heterocycles. The zero-order valence-electron chi connectivity index (χ0n) is 22.9. The fraction of sp³-hybridized carbons (Fsp3) is 0.593. The van der Waals surface area contributed by atoms with Gasteiger partial charge in [-0.3, -0.25) is 4.79 Å². The van der Waals surface area contributed by atoms with Crippen LogP contribution in [0.4, 0.5) is 0 Å². The van der Waals surface area contributed by atoms with E-state index in [9.17, 15) is 13.2 Å². The summed E-state index contributed by atoms with van der Waals surface area (Å²) in [4.78, 5) is 13.6. The number of hydrogen-bond donors (Lipinski definition) is 0. The van der Waals surface area contributed by atoms with Crippen LogP contribution in [0.1, 0.15) is 54.9 Å². The second-order valence-electron chi connectivity index (χ2n) is 12.2. The predicted molar refractivity (Wildman–Crippen MR) is 150 cm³/mol. The molecule has 0 spiro atoms. The third-order valence-corrected chi connectivity index (χ3v) is 13.4. The van der Waals surface area contributed by atoms with E-state index in [-0.39, 0.29) is 9.93 Å². The summed E-state index contributed by atoms with van der Waals surface area (Å²) in [5.74, 6) is -0.538. The Morgan fingerprint density at radius 3 is 2.22 bits per heavy atom. The van der Waals surface area contributed by atoms with Gasteiger partial charge in [0.2, 0.25) is 6.29 Å². The molecule has 202 valence electrons. The number of sulfone groups is 1. The van der Waals surface area contributed by atoms with Crippen molar-refractivity contribution in [2.24, 2.45) is 10.8 Å². The van der Waals surface area contributed by atoms with Crippen LogP contribution in [0.25, 0.3) is 0 Å². The zero-order chi connectivity index (χ0) is 27.7. The molecule has 36 heavy (non-hydrogen) atoms. The Morgan fingerprint density at radius 2 is 1.75 bits per heavy atom. The van der Waals surface area contributed by atoms with Crippen LogP contribution in [-0.2, 0) is 28.5 Å². The number of hydrogen-bond acceptors (Lipinski definition) is 6. The van der Waals surface area contributed by atoms with Crippen LogP contribution in [0.3, 0.4) is 0 Å². The van der Waals surface area contributed by atoms with Gasteiger partial charge in [0.15, 0.2) is 18.2 Å². The molecule has 4 atom stereocenters. The number of ether oxygens (including phenoxy) is 2. The molecule has 0 bridgehead atoms. The molecule has 0 N–H and O–H groups in total. The number of cyclic esters (lactones) is 1. The van der Waals surface area contributed by atoms with E-state index in [1.54, 1.807) is 25.1 Å². The first-order valence-corrected chi connectivity index (χ1v) is 17.3. The van der Waals surface area contributed by atoms with Crippen molar-refractivity contribution >= 4 is 40.1 Å². The lowest BCUT2D eigenvalue weighted by molar-refractivity contribution is -0.269. The average molecular weight is 602 g/mol. The molecule has 1 fully saturated rings. The van der Waals surface area contributed by atoms with Gasteiger partial charge < -0.3 is 13.9 Å². The first-order chi connectivity index (χ1) is 16.2. The van der Waals surface area contributed by atoms with Crippen LogP contribution < -0.4 is 0 Å². The van der Waals surface area contributed by atoms with E-state index in [2.05, 4.69) is 56.4 Å². The molecular formula is C27H41BrO6SSi. The van der Waals surface area contributed by atoms with Crippen molar-refractivity contribution in [3.8, 4) is 0 Å². The number of benzene rings is 1. The fourth-order valence-electron chi connectivity index (χ4n) is 3.42. The van der Waals surface area contributed by atoms with Gasteiger partial charge in [-0.15, -0.1) is 0 Å². The summed E-state index contributed by atoms with van der Waals surface area (Å²) in [7, 11) is -5.98. The van der Waals surface area contributed by atoms with Gasteiger partial charge in [0.1, 0.15) is 5.41 Å². The van der Waals surface area contributed by atoms with Crippen LogP contribution in [-0.4, -0.2) is 41.2 Å². The molecule has 1 aliphatic rings. The van der Waals surface area contributed by atoms with Crippen molar-refractivity contribution < 1.29 is 27.1 Å². The summed E-state index contributed by atoms with van der Waals surface area (Å²) in [5, 5.41) is 1.03. The molecule has 1 saturated heterocycles. The van der Waals surface area contributed by atoms with Crippen LogP contribution in [0.15, 0.2) is 57.8 Å². The lowest BCUT2D eigenvalue weighted by atomic mass is 9.79. The second kappa shape index (κ2) is 10.8. The number of carbonyl (C=O) groups excluding carboxylic acids is 1. The van der Waals surface area contributed by atoms with E-state index in [0.29, 0.717) is 10.9 Å².